The Labute approximate surface area is 136 Å². The molecular weight excluding hydrogens is 294 g/mol. The number of fused-ring (bicyclic) bond motifs is 1. The van der Waals surface area contributed by atoms with E-state index in [0.717, 1.165) is 43.5 Å². The van der Waals surface area contributed by atoms with Crippen molar-refractivity contribution < 1.29 is 14.3 Å². The number of pyridine rings is 1. The van der Waals surface area contributed by atoms with Gasteiger partial charge in [-0.3, -0.25) is 9.69 Å². The van der Waals surface area contributed by atoms with E-state index >= 15 is 0 Å². The Hall–Kier alpha value is -1.92. The number of likely N-dealkylation sites (tertiary alicyclic amines) is 1. The Morgan fingerprint density at radius 2 is 2.13 bits per heavy atom. The third-order valence-electron chi connectivity index (χ3n) is 4.51. The highest BCUT2D eigenvalue weighted by Gasteiger charge is 2.20. The van der Waals surface area contributed by atoms with Gasteiger partial charge in [-0.2, -0.15) is 0 Å². The number of methoxy groups -OCH3 is 2. The third kappa shape index (κ3) is 3.54. The minimum atomic E-state index is -0.264. The molecule has 3 heterocycles. The Balaban J connectivity index is 1.79. The van der Waals surface area contributed by atoms with Gasteiger partial charge in [0, 0.05) is 44.5 Å². The lowest BCUT2D eigenvalue weighted by Crippen LogP contribution is -2.36. The Bertz CT molecular complexity index is 675. The maximum atomic E-state index is 11.6. The van der Waals surface area contributed by atoms with Crippen LogP contribution in [0.1, 0.15) is 18.4 Å². The summed E-state index contributed by atoms with van der Waals surface area (Å²) in [4.78, 5) is 18.5. The summed E-state index contributed by atoms with van der Waals surface area (Å²) < 4.78 is 12.1. The number of hydrogen-bond donors (Lipinski definition) is 0. The second-order valence-electron chi connectivity index (χ2n) is 5.94. The molecule has 1 fully saturated rings. The van der Waals surface area contributed by atoms with Crippen molar-refractivity contribution >= 4 is 17.0 Å². The van der Waals surface area contributed by atoms with Crippen LogP contribution in [0.5, 0.6) is 0 Å². The van der Waals surface area contributed by atoms with Gasteiger partial charge in [0.2, 0.25) is 0 Å². The molecule has 0 aromatic carbocycles. The summed E-state index contributed by atoms with van der Waals surface area (Å²) in [6, 6.07) is 4.00. The van der Waals surface area contributed by atoms with Crippen LogP contribution in [0.25, 0.3) is 11.0 Å². The molecule has 2 aromatic heterocycles. The van der Waals surface area contributed by atoms with Crippen LogP contribution in [-0.2, 0) is 27.4 Å². The molecule has 0 bridgehead atoms. The summed E-state index contributed by atoms with van der Waals surface area (Å²) in [5, 5.41) is 1.10. The van der Waals surface area contributed by atoms with E-state index in [-0.39, 0.29) is 12.5 Å². The predicted octanol–water partition coefficient (Wildman–Crippen LogP) is 1.82. The van der Waals surface area contributed by atoms with E-state index in [9.17, 15) is 4.79 Å². The summed E-state index contributed by atoms with van der Waals surface area (Å²) in [6.07, 6.45) is 6.29. The highest BCUT2D eigenvalue weighted by molar-refractivity contribution is 5.82. The van der Waals surface area contributed by atoms with Crippen LogP contribution in [0.15, 0.2) is 24.5 Å². The van der Waals surface area contributed by atoms with Crippen LogP contribution in [0.4, 0.5) is 0 Å². The number of aromatic nitrogens is 2. The van der Waals surface area contributed by atoms with Crippen LogP contribution in [0, 0.1) is 0 Å². The molecule has 0 saturated carbocycles. The zero-order valence-corrected chi connectivity index (χ0v) is 13.7. The molecule has 23 heavy (non-hydrogen) atoms. The van der Waals surface area contributed by atoms with Gasteiger partial charge in [-0.05, 0) is 30.5 Å². The van der Waals surface area contributed by atoms with Gasteiger partial charge in [0.25, 0.3) is 0 Å². The fourth-order valence-electron chi connectivity index (χ4n) is 3.19. The predicted molar refractivity (Wildman–Crippen MR) is 87.1 cm³/mol. The first-order valence-corrected chi connectivity index (χ1v) is 7.96. The fraction of sp³-hybridized carbons (Fsp3) is 0.529. The van der Waals surface area contributed by atoms with Crippen LogP contribution < -0.4 is 0 Å². The van der Waals surface area contributed by atoms with Crippen molar-refractivity contribution in [3.63, 3.8) is 0 Å². The summed E-state index contributed by atoms with van der Waals surface area (Å²) in [7, 11) is 3.19. The van der Waals surface area contributed by atoms with Crippen LogP contribution in [0.2, 0.25) is 0 Å². The molecule has 1 saturated heterocycles. The number of rotatable bonds is 5. The molecule has 3 rings (SSSR count). The number of nitrogens with zero attached hydrogens (tertiary/aromatic N) is 3. The molecule has 0 aliphatic carbocycles. The number of carbonyl (C=O) groups excluding carboxylic acids is 1. The molecule has 6 nitrogen and oxygen atoms in total. The lowest BCUT2D eigenvalue weighted by atomic mass is 10.1. The van der Waals surface area contributed by atoms with Crippen molar-refractivity contribution in [3.05, 3.63) is 30.1 Å². The Morgan fingerprint density at radius 3 is 2.83 bits per heavy atom. The van der Waals surface area contributed by atoms with E-state index in [2.05, 4.69) is 16.0 Å². The van der Waals surface area contributed by atoms with Gasteiger partial charge in [-0.1, -0.05) is 0 Å². The Morgan fingerprint density at radius 1 is 1.35 bits per heavy atom. The first kappa shape index (κ1) is 16.0. The van der Waals surface area contributed by atoms with E-state index < -0.39 is 0 Å². The van der Waals surface area contributed by atoms with Gasteiger partial charge >= 0.3 is 5.97 Å². The van der Waals surface area contributed by atoms with E-state index in [1.807, 2.05) is 16.8 Å². The van der Waals surface area contributed by atoms with Gasteiger partial charge < -0.3 is 14.0 Å². The van der Waals surface area contributed by atoms with Crippen LogP contribution in [-0.4, -0.2) is 53.8 Å². The lowest BCUT2D eigenvalue weighted by molar-refractivity contribution is -0.141. The minimum Gasteiger partial charge on any atom is -0.468 e. The molecule has 2 aromatic rings. The highest BCUT2D eigenvalue weighted by Crippen LogP contribution is 2.23. The van der Waals surface area contributed by atoms with E-state index in [1.165, 1.54) is 12.7 Å². The molecule has 0 spiro atoms. The summed E-state index contributed by atoms with van der Waals surface area (Å²) in [5.74, 6) is -0.264. The fourth-order valence-corrected chi connectivity index (χ4v) is 3.19. The quantitative estimate of drug-likeness (QED) is 0.787. The molecule has 124 valence electrons. The van der Waals surface area contributed by atoms with E-state index in [0.29, 0.717) is 6.10 Å². The maximum absolute atomic E-state index is 11.6. The summed E-state index contributed by atoms with van der Waals surface area (Å²) in [6.45, 7) is 3.12. The van der Waals surface area contributed by atoms with Gasteiger partial charge in [0.1, 0.15) is 12.2 Å². The molecule has 6 heteroatoms. The normalized spacial score (nSPS) is 16.8. The van der Waals surface area contributed by atoms with Crippen LogP contribution in [0.3, 0.4) is 0 Å². The molecule has 0 amide bonds. The van der Waals surface area contributed by atoms with Crippen molar-refractivity contribution in [2.24, 2.45) is 0 Å². The standard InChI is InChI=1S/C17H23N3O3/c1-22-14-5-8-19(9-6-14)10-13-11-20(12-16(21)23-2)17-15(13)4-3-7-18-17/h3-4,7,11,14H,5-6,8-10,12H2,1-2H3. The van der Waals surface area contributed by atoms with Gasteiger partial charge in [0.05, 0.1) is 13.2 Å². The van der Waals surface area contributed by atoms with Crippen molar-refractivity contribution in [3.8, 4) is 0 Å². The minimum absolute atomic E-state index is 0.190. The second-order valence-corrected chi connectivity index (χ2v) is 5.94. The monoisotopic (exact) mass is 317 g/mol. The SMILES string of the molecule is COC(=O)Cn1cc(CN2CCC(OC)CC2)c2cccnc21. The van der Waals surface area contributed by atoms with Gasteiger partial charge in [-0.15, -0.1) is 0 Å². The zero-order chi connectivity index (χ0) is 16.2. The molecule has 0 N–H and O–H groups in total. The first-order chi connectivity index (χ1) is 11.2. The molecular formula is C17H23N3O3. The summed E-state index contributed by atoms with van der Waals surface area (Å²) >= 11 is 0. The van der Waals surface area contributed by atoms with E-state index in [4.69, 9.17) is 9.47 Å². The smallest absolute Gasteiger partial charge is 0.325 e. The molecule has 1 aliphatic rings. The number of piperidine rings is 1. The van der Waals surface area contributed by atoms with E-state index in [1.54, 1.807) is 13.3 Å². The lowest BCUT2D eigenvalue weighted by Gasteiger charge is -2.30. The average molecular weight is 317 g/mol. The average Bonchev–Trinajstić information content (AvgIpc) is 2.93. The first-order valence-electron chi connectivity index (χ1n) is 7.96. The van der Waals surface area contributed by atoms with Gasteiger partial charge in [-0.25, -0.2) is 4.98 Å². The topological polar surface area (TPSA) is 56.6 Å². The molecule has 1 aliphatic heterocycles. The maximum Gasteiger partial charge on any atom is 0.325 e. The third-order valence-corrected chi connectivity index (χ3v) is 4.51. The number of esters is 1. The molecule has 0 atom stereocenters. The Kier molecular flexibility index (Phi) is 4.93. The number of carbonyl (C=O) groups is 1. The van der Waals surface area contributed by atoms with Crippen molar-refractivity contribution in [1.82, 2.24) is 14.5 Å². The number of ether oxygens (including phenoxy) is 2. The van der Waals surface area contributed by atoms with Crippen molar-refractivity contribution in [1.29, 1.82) is 0 Å². The number of hydrogen-bond acceptors (Lipinski definition) is 5. The van der Waals surface area contributed by atoms with Gasteiger partial charge in [0.15, 0.2) is 0 Å². The summed E-state index contributed by atoms with van der Waals surface area (Å²) in [5.41, 5.74) is 2.03. The highest BCUT2D eigenvalue weighted by atomic mass is 16.5. The molecule has 0 radical (unpaired) electrons. The van der Waals surface area contributed by atoms with Crippen LogP contribution >= 0.6 is 0 Å². The zero-order valence-electron chi connectivity index (χ0n) is 13.7. The largest absolute Gasteiger partial charge is 0.468 e. The van der Waals surface area contributed by atoms with Crippen molar-refractivity contribution in [2.75, 3.05) is 27.3 Å². The second kappa shape index (κ2) is 7.10. The molecule has 0 unspecified atom stereocenters. The van der Waals surface area contributed by atoms with Crippen molar-refractivity contribution in [2.45, 2.75) is 32.0 Å².